The number of likely N-dealkylation sites (tertiary alicyclic amines) is 1. The minimum Gasteiger partial charge on any atom is -0.330 e. The van der Waals surface area contributed by atoms with Gasteiger partial charge in [-0.2, -0.15) is 0 Å². The summed E-state index contributed by atoms with van der Waals surface area (Å²) in [5.41, 5.74) is 5.55. The van der Waals surface area contributed by atoms with E-state index in [9.17, 15) is 0 Å². The third-order valence-corrected chi connectivity index (χ3v) is 4.87. The van der Waals surface area contributed by atoms with Crippen molar-refractivity contribution in [2.24, 2.45) is 5.73 Å². The van der Waals surface area contributed by atoms with Crippen LogP contribution in [-0.4, -0.2) is 35.6 Å². The van der Waals surface area contributed by atoms with E-state index in [1.165, 1.54) is 42.2 Å². The van der Waals surface area contributed by atoms with Crippen molar-refractivity contribution in [1.82, 2.24) is 9.88 Å². The lowest BCUT2D eigenvalue weighted by molar-refractivity contribution is 0.155. The summed E-state index contributed by atoms with van der Waals surface area (Å²) in [5, 5.41) is 1.31. The molecule has 0 spiro atoms. The van der Waals surface area contributed by atoms with E-state index in [1.807, 2.05) is 11.3 Å². The summed E-state index contributed by atoms with van der Waals surface area (Å²) in [7, 11) is 0. The molecule has 0 bridgehead atoms. The van der Waals surface area contributed by atoms with Crippen LogP contribution in [0.2, 0.25) is 0 Å². The smallest absolute Gasteiger partial charge is 0.0943 e. The van der Waals surface area contributed by atoms with Gasteiger partial charge in [0.2, 0.25) is 0 Å². The lowest BCUT2D eigenvalue weighted by Crippen LogP contribution is -2.40. The number of rotatable bonds is 6. The van der Waals surface area contributed by atoms with Crippen LogP contribution in [0.25, 0.3) is 0 Å². The molecule has 1 fully saturated rings. The highest BCUT2D eigenvalue weighted by molar-refractivity contribution is 7.11. The van der Waals surface area contributed by atoms with Gasteiger partial charge in [-0.05, 0) is 45.3 Å². The fraction of sp³-hybridized carbons (Fsp3) is 0.786. The Kier molecular flexibility index (Phi) is 5.60. The number of hydrogen-bond acceptors (Lipinski definition) is 4. The van der Waals surface area contributed by atoms with E-state index in [1.54, 1.807) is 0 Å². The Hall–Kier alpha value is -0.450. The first-order chi connectivity index (χ1) is 8.83. The van der Waals surface area contributed by atoms with Crippen molar-refractivity contribution in [3.8, 4) is 0 Å². The zero-order valence-corrected chi connectivity index (χ0v) is 12.2. The van der Waals surface area contributed by atoms with Crippen LogP contribution in [-0.2, 0) is 12.8 Å². The number of likely N-dealkylation sites (N-methyl/N-ethyl adjacent to an activating group) is 1. The van der Waals surface area contributed by atoms with Crippen molar-refractivity contribution in [2.45, 2.75) is 51.5 Å². The van der Waals surface area contributed by atoms with Crippen molar-refractivity contribution >= 4 is 11.3 Å². The van der Waals surface area contributed by atoms with Crippen molar-refractivity contribution in [3.05, 3.63) is 16.1 Å². The zero-order valence-electron chi connectivity index (χ0n) is 11.4. The average molecular weight is 267 g/mol. The molecule has 1 aliphatic heterocycles. The van der Waals surface area contributed by atoms with Crippen LogP contribution in [0.4, 0.5) is 0 Å². The van der Waals surface area contributed by atoms with Crippen LogP contribution >= 0.6 is 11.3 Å². The van der Waals surface area contributed by atoms with E-state index in [-0.39, 0.29) is 0 Å². The lowest BCUT2D eigenvalue weighted by Gasteiger charge is -2.34. The molecule has 0 amide bonds. The molecule has 3 nitrogen and oxygen atoms in total. The fourth-order valence-electron chi connectivity index (χ4n) is 2.74. The van der Waals surface area contributed by atoms with Crippen molar-refractivity contribution < 1.29 is 0 Å². The van der Waals surface area contributed by atoms with Crippen LogP contribution in [0.15, 0.2) is 6.20 Å². The van der Waals surface area contributed by atoms with Crippen LogP contribution in [0.1, 0.15) is 42.5 Å². The molecule has 2 heterocycles. The first kappa shape index (κ1) is 14.0. The number of aromatic nitrogens is 1. The monoisotopic (exact) mass is 267 g/mol. The quantitative estimate of drug-likeness (QED) is 0.861. The first-order valence-electron chi connectivity index (χ1n) is 7.21. The van der Waals surface area contributed by atoms with E-state index in [0.717, 1.165) is 31.8 Å². The third-order valence-electron chi connectivity index (χ3n) is 3.79. The molecule has 18 heavy (non-hydrogen) atoms. The maximum absolute atomic E-state index is 5.55. The molecule has 0 saturated carbocycles. The number of aryl methyl sites for hydroxylation is 1. The molecular formula is C14H25N3S. The first-order valence-corrected chi connectivity index (χ1v) is 8.02. The predicted octanol–water partition coefficient (Wildman–Crippen LogP) is 2.45. The standard InChI is InChI=1S/C14H25N3S/c1-2-17-9-4-3-6-12(17)10-14-16-11-13(18-14)7-5-8-15/h11-12H,2-10,15H2,1H3. The highest BCUT2D eigenvalue weighted by Gasteiger charge is 2.22. The minimum atomic E-state index is 0.720. The summed E-state index contributed by atoms with van der Waals surface area (Å²) in [6.07, 6.45) is 9.44. The maximum atomic E-state index is 5.55. The Morgan fingerprint density at radius 3 is 3.17 bits per heavy atom. The molecule has 102 valence electrons. The number of nitrogens with zero attached hydrogens (tertiary/aromatic N) is 2. The van der Waals surface area contributed by atoms with Crippen LogP contribution in [0, 0.1) is 0 Å². The van der Waals surface area contributed by atoms with Gasteiger partial charge in [0.25, 0.3) is 0 Å². The van der Waals surface area contributed by atoms with E-state index in [2.05, 4.69) is 23.0 Å². The molecule has 0 radical (unpaired) electrons. The van der Waals surface area contributed by atoms with Gasteiger partial charge in [0.05, 0.1) is 5.01 Å². The zero-order chi connectivity index (χ0) is 12.8. The number of piperidine rings is 1. The molecule has 1 aromatic heterocycles. The van der Waals surface area contributed by atoms with E-state index in [4.69, 9.17) is 5.73 Å². The van der Waals surface area contributed by atoms with E-state index in [0.29, 0.717) is 0 Å². The van der Waals surface area contributed by atoms with E-state index < -0.39 is 0 Å². The topological polar surface area (TPSA) is 42.2 Å². The van der Waals surface area contributed by atoms with Gasteiger partial charge < -0.3 is 10.6 Å². The molecule has 2 N–H and O–H groups in total. The van der Waals surface area contributed by atoms with Crippen LogP contribution in [0.5, 0.6) is 0 Å². The Morgan fingerprint density at radius 1 is 1.50 bits per heavy atom. The molecule has 1 aromatic rings. The van der Waals surface area contributed by atoms with Gasteiger partial charge >= 0.3 is 0 Å². The third kappa shape index (κ3) is 3.77. The van der Waals surface area contributed by atoms with Gasteiger partial charge in [-0.15, -0.1) is 11.3 Å². The molecule has 0 aliphatic carbocycles. The normalized spacial score (nSPS) is 21.3. The second-order valence-corrected chi connectivity index (χ2v) is 6.29. The summed E-state index contributed by atoms with van der Waals surface area (Å²) < 4.78 is 0. The lowest BCUT2D eigenvalue weighted by atomic mass is 10.00. The molecule has 1 saturated heterocycles. The molecule has 1 atom stereocenters. The number of thiazole rings is 1. The van der Waals surface area contributed by atoms with Gasteiger partial charge in [0.15, 0.2) is 0 Å². The largest absolute Gasteiger partial charge is 0.330 e. The molecular weight excluding hydrogens is 242 g/mol. The summed E-state index contributed by atoms with van der Waals surface area (Å²) in [5.74, 6) is 0. The van der Waals surface area contributed by atoms with Crippen molar-refractivity contribution in [2.75, 3.05) is 19.6 Å². The van der Waals surface area contributed by atoms with E-state index >= 15 is 0 Å². The predicted molar refractivity (Wildman–Crippen MR) is 78.1 cm³/mol. The Balaban J connectivity index is 1.89. The average Bonchev–Trinajstić information content (AvgIpc) is 2.84. The van der Waals surface area contributed by atoms with Crippen LogP contribution in [0.3, 0.4) is 0 Å². The second kappa shape index (κ2) is 7.22. The van der Waals surface area contributed by atoms with Gasteiger partial charge in [-0.3, -0.25) is 0 Å². The molecule has 1 aliphatic rings. The highest BCUT2D eigenvalue weighted by Crippen LogP contribution is 2.23. The molecule has 2 rings (SSSR count). The summed E-state index contributed by atoms with van der Waals surface area (Å²) in [4.78, 5) is 8.60. The molecule has 1 unspecified atom stereocenters. The van der Waals surface area contributed by atoms with Gasteiger partial charge in [-0.1, -0.05) is 13.3 Å². The van der Waals surface area contributed by atoms with Gasteiger partial charge in [0.1, 0.15) is 0 Å². The summed E-state index contributed by atoms with van der Waals surface area (Å²) in [6.45, 7) is 5.50. The Labute approximate surface area is 114 Å². The molecule has 4 heteroatoms. The van der Waals surface area contributed by atoms with Crippen molar-refractivity contribution in [3.63, 3.8) is 0 Å². The number of hydrogen-bond donors (Lipinski definition) is 1. The fourth-order valence-corrected chi connectivity index (χ4v) is 3.78. The minimum absolute atomic E-state index is 0.720. The number of nitrogens with two attached hydrogens (primary N) is 1. The van der Waals surface area contributed by atoms with Crippen molar-refractivity contribution in [1.29, 1.82) is 0 Å². The molecule has 0 aromatic carbocycles. The van der Waals surface area contributed by atoms with Crippen LogP contribution < -0.4 is 5.73 Å². The Bertz CT molecular complexity index is 351. The highest BCUT2D eigenvalue weighted by atomic mass is 32.1. The Morgan fingerprint density at radius 2 is 2.39 bits per heavy atom. The van der Waals surface area contributed by atoms with Gasteiger partial charge in [0, 0.05) is 23.5 Å². The summed E-state index contributed by atoms with van der Waals surface area (Å²) in [6, 6.07) is 0.720. The maximum Gasteiger partial charge on any atom is 0.0943 e. The van der Waals surface area contributed by atoms with Gasteiger partial charge in [-0.25, -0.2) is 4.98 Å². The SMILES string of the molecule is CCN1CCCCC1Cc1ncc(CCCN)s1. The second-order valence-electron chi connectivity index (χ2n) is 5.09. The summed E-state index contributed by atoms with van der Waals surface area (Å²) >= 11 is 1.89.